The van der Waals surface area contributed by atoms with E-state index in [1.807, 2.05) is 12.1 Å². The molecule has 0 amide bonds. The van der Waals surface area contributed by atoms with Crippen molar-refractivity contribution in [2.45, 2.75) is 36.4 Å². The minimum absolute atomic E-state index is 0.222. The lowest BCUT2D eigenvalue weighted by Gasteiger charge is -2.25. The van der Waals surface area contributed by atoms with Crippen molar-refractivity contribution in [1.29, 1.82) is 0 Å². The molecule has 2 aromatic rings. The Balaban J connectivity index is 1.84. The number of benzene rings is 2. The Labute approximate surface area is 132 Å². The van der Waals surface area contributed by atoms with Crippen LogP contribution in [0.2, 0.25) is 0 Å². The van der Waals surface area contributed by atoms with Crippen molar-refractivity contribution in [2.24, 2.45) is 0 Å². The molecule has 0 aliphatic heterocycles. The van der Waals surface area contributed by atoms with Crippen LogP contribution in [-0.2, 0) is 0 Å². The maximum Gasteiger partial charge on any atom is 0.131 e. The third-order valence-electron chi connectivity index (χ3n) is 4.28. The summed E-state index contributed by atoms with van der Waals surface area (Å²) in [6, 6.07) is 11.4. The molecule has 0 bridgehead atoms. The molecule has 0 spiro atoms. The van der Waals surface area contributed by atoms with Crippen LogP contribution in [0.3, 0.4) is 0 Å². The van der Waals surface area contributed by atoms with Gasteiger partial charge in [0.2, 0.25) is 0 Å². The second kappa shape index (κ2) is 6.27. The zero-order valence-electron chi connectivity index (χ0n) is 11.7. The Bertz CT molecular complexity index is 614. The first-order valence-corrected chi connectivity index (χ1v) is 8.24. The van der Waals surface area contributed by atoms with Crippen LogP contribution < -0.4 is 0 Å². The maximum absolute atomic E-state index is 14.4. The highest BCUT2D eigenvalue weighted by atomic mass is 79.9. The molecule has 1 aliphatic rings. The predicted octanol–water partition coefficient (Wildman–Crippen LogP) is 6.05. The summed E-state index contributed by atoms with van der Waals surface area (Å²) >= 11 is 3.65. The van der Waals surface area contributed by atoms with E-state index in [0.29, 0.717) is 21.9 Å². The summed E-state index contributed by atoms with van der Waals surface area (Å²) in [5, 5.41) is 0. The lowest BCUT2D eigenvalue weighted by Crippen LogP contribution is -2.12. The molecule has 0 atom stereocenters. The molecule has 21 heavy (non-hydrogen) atoms. The maximum atomic E-state index is 14.4. The highest BCUT2D eigenvalue weighted by Gasteiger charge is 2.21. The van der Waals surface area contributed by atoms with Gasteiger partial charge in [0.15, 0.2) is 0 Å². The monoisotopic (exact) mass is 350 g/mol. The Kier molecular flexibility index (Phi) is 4.39. The van der Waals surface area contributed by atoms with Crippen LogP contribution in [0.5, 0.6) is 0 Å². The number of rotatable bonds is 2. The normalized spacial score (nSPS) is 22.2. The van der Waals surface area contributed by atoms with E-state index in [4.69, 9.17) is 0 Å². The molecule has 1 aliphatic carbocycles. The molecule has 3 rings (SSSR count). The van der Waals surface area contributed by atoms with Gasteiger partial charge in [0, 0.05) is 10.4 Å². The number of halogens is 3. The van der Waals surface area contributed by atoms with E-state index in [9.17, 15) is 8.78 Å². The van der Waals surface area contributed by atoms with E-state index in [0.717, 1.165) is 31.2 Å². The standard InChI is InChI=1S/C18H17BrF2/c19-15-6-1-12(2-7-15)14-5-10-17(18(21)11-14)13-3-8-16(20)9-4-13/h3-5,8-12,15H,1-2,6-7H2. The molecule has 0 saturated heterocycles. The van der Waals surface area contributed by atoms with Crippen LogP contribution in [0.15, 0.2) is 42.5 Å². The van der Waals surface area contributed by atoms with Gasteiger partial charge in [-0.15, -0.1) is 0 Å². The molecule has 1 saturated carbocycles. The SMILES string of the molecule is Fc1ccc(-c2ccc(C3CCC(Br)CC3)cc2F)cc1. The van der Waals surface area contributed by atoms with Gasteiger partial charge in [-0.1, -0.05) is 40.2 Å². The van der Waals surface area contributed by atoms with E-state index in [-0.39, 0.29) is 11.6 Å². The molecule has 0 aromatic heterocycles. The number of hydrogen-bond acceptors (Lipinski definition) is 0. The van der Waals surface area contributed by atoms with Gasteiger partial charge in [-0.25, -0.2) is 8.78 Å². The van der Waals surface area contributed by atoms with Crippen LogP contribution in [0, 0.1) is 11.6 Å². The van der Waals surface area contributed by atoms with Gasteiger partial charge in [0.1, 0.15) is 11.6 Å². The first kappa shape index (κ1) is 14.7. The first-order chi connectivity index (χ1) is 10.1. The molecule has 3 heteroatoms. The van der Waals surface area contributed by atoms with Gasteiger partial charge in [-0.3, -0.25) is 0 Å². The summed E-state index contributed by atoms with van der Waals surface area (Å²) in [7, 11) is 0. The van der Waals surface area contributed by atoms with E-state index in [2.05, 4.69) is 15.9 Å². The zero-order valence-corrected chi connectivity index (χ0v) is 13.2. The highest BCUT2D eigenvalue weighted by molar-refractivity contribution is 9.09. The first-order valence-electron chi connectivity index (χ1n) is 7.33. The molecule has 0 N–H and O–H groups in total. The van der Waals surface area contributed by atoms with Crippen molar-refractivity contribution in [3.63, 3.8) is 0 Å². The topological polar surface area (TPSA) is 0 Å². The zero-order chi connectivity index (χ0) is 14.8. The van der Waals surface area contributed by atoms with Gasteiger partial charge in [-0.2, -0.15) is 0 Å². The van der Waals surface area contributed by atoms with Crippen molar-refractivity contribution in [2.75, 3.05) is 0 Å². The summed E-state index contributed by atoms with van der Waals surface area (Å²) in [6.45, 7) is 0. The second-order valence-corrected chi connectivity index (χ2v) is 6.99. The van der Waals surface area contributed by atoms with E-state index in [1.54, 1.807) is 18.2 Å². The van der Waals surface area contributed by atoms with Crippen LogP contribution in [0.1, 0.15) is 37.2 Å². The van der Waals surface area contributed by atoms with Crippen molar-refractivity contribution in [1.82, 2.24) is 0 Å². The molecule has 0 unspecified atom stereocenters. The number of alkyl halides is 1. The van der Waals surface area contributed by atoms with Crippen molar-refractivity contribution >= 4 is 15.9 Å². The van der Waals surface area contributed by atoms with Gasteiger partial charge >= 0.3 is 0 Å². The van der Waals surface area contributed by atoms with Crippen LogP contribution >= 0.6 is 15.9 Å². The predicted molar refractivity (Wildman–Crippen MR) is 85.7 cm³/mol. The van der Waals surface area contributed by atoms with Crippen molar-refractivity contribution < 1.29 is 8.78 Å². The molecule has 0 radical (unpaired) electrons. The fourth-order valence-corrected chi connectivity index (χ4v) is 3.56. The highest BCUT2D eigenvalue weighted by Crippen LogP contribution is 2.37. The second-order valence-electron chi connectivity index (χ2n) is 5.70. The molecule has 0 nitrogen and oxygen atoms in total. The Morgan fingerprint density at radius 3 is 2.14 bits per heavy atom. The summed E-state index contributed by atoms with van der Waals surface area (Å²) in [5.74, 6) is -0.0713. The lowest BCUT2D eigenvalue weighted by atomic mass is 9.83. The molecule has 1 fully saturated rings. The summed E-state index contributed by atoms with van der Waals surface area (Å²) in [4.78, 5) is 0.608. The van der Waals surface area contributed by atoms with Crippen LogP contribution in [0.25, 0.3) is 11.1 Å². The summed E-state index contributed by atoms with van der Waals surface area (Å²) in [6.07, 6.45) is 4.49. The minimum Gasteiger partial charge on any atom is -0.207 e. The van der Waals surface area contributed by atoms with E-state index < -0.39 is 0 Å². The lowest BCUT2D eigenvalue weighted by molar-refractivity contribution is 0.455. The average Bonchev–Trinajstić information content (AvgIpc) is 2.49. The van der Waals surface area contributed by atoms with Crippen molar-refractivity contribution in [3.8, 4) is 11.1 Å². The fourth-order valence-electron chi connectivity index (χ4n) is 3.03. The van der Waals surface area contributed by atoms with E-state index in [1.165, 1.54) is 12.1 Å². The van der Waals surface area contributed by atoms with Gasteiger partial charge < -0.3 is 0 Å². The van der Waals surface area contributed by atoms with Gasteiger partial charge in [0.25, 0.3) is 0 Å². The Hall–Kier alpha value is -1.22. The van der Waals surface area contributed by atoms with Crippen LogP contribution in [0.4, 0.5) is 8.78 Å². The van der Waals surface area contributed by atoms with Gasteiger partial charge in [-0.05, 0) is 60.9 Å². The third kappa shape index (κ3) is 3.34. The summed E-state index contributed by atoms with van der Waals surface area (Å²) < 4.78 is 27.3. The molecule has 2 aromatic carbocycles. The Morgan fingerprint density at radius 2 is 1.52 bits per heavy atom. The minimum atomic E-state index is -0.303. The number of hydrogen-bond donors (Lipinski definition) is 0. The molecular formula is C18H17BrF2. The third-order valence-corrected chi connectivity index (χ3v) is 5.19. The molecule has 110 valence electrons. The fraction of sp³-hybridized carbons (Fsp3) is 0.333. The quantitative estimate of drug-likeness (QED) is 0.578. The van der Waals surface area contributed by atoms with Crippen LogP contribution in [-0.4, -0.2) is 4.83 Å². The van der Waals surface area contributed by atoms with Crippen molar-refractivity contribution in [3.05, 3.63) is 59.7 Å². The van der Waals surface area contributed by atoms with Gasteiger partial charge in [0.05, 0.1) is 0 Å². The summed E-state index contributed by atoms with van der Waals surface area (Å²) in [5.41, 5.74) is 2.33. The molecule has 0 heterocycles. The average molecular weight is 351 g/mol. The Morgan fingerprint density at radius 1 is 0.857 bits per heavy atom. The van der Waals surface area contributed by atoms with E-state index >= 15 is 0 Å². The smallest absolute Gasteiger partial charge is 0.131 e. The molecular weight excluding hydrogens is 334 g/mol. The largest absolute Gasteiger partial charge is 0.207 e.